The minimum Gasteiger partial charge on any atom is -0.493 e. The fourth-order valence-corrected chi connectivity index (χ4v) is 3.37. The number of ether oxygens (including phenoxy) is 4. The zero-order valence-corrected chi connectivity index (χ0v) is 15.2. The number of hydrogen-bond donors (Lipinski definition) is 0. The van der Waals surface area contributed by atoms with Gasteiger partial charge in [0.25, 0.3) is 0 Å². The van der Waals surface area contributed by atoms with Crippen molar-refractivity contribution in [3.8, 4) is 11.5 Å². The molecular weight excluding hydrogens is 328 g/mol. The zero-order chi connectivity index (χ0) is 17.4. The van der Waals surface area contributed by atoms with Crippen LogP contribution in [0.25, 0.3) is 10.1 Å². The molecule has 0 radical (unpaired) electrons. The van der Waals surface area contributed by atoms with Crippen LogP contribution >= 0.6 is 11.3 Å². The lowest BCUT2D eigenvalue weighted by Crippen LogP contribution is -2.04. The van der Waals surface area contributed by atoms with Gasteiger partial charge in [0.15, 0.2) is 11.5 Å². The first-order valence-electron chi connectivity index (χ1n) is 8.01. The Morgan fingerprint density at radius 1 is 0.917 bits per heavy atom. The van der Waals surface area contributed by atoms with Crippen molar-refractivity contribution in [3.63, 3.8) is 0 Å². The monoisotopic (exact) mass is 352 g/mol. The second kappa shape index (κ2) is 9.49. The van der Waals surface area contributed by atoms with Crippen molar-refractivity contribution >= 4 is 27.4 Å². The van der Waals surface area contributed by atoms with Gasteiger partial charge in [-0.3, -0.25) is 0 Å². The van der Waals surface area contributed by atoms with Gasteiger partial charge in [-0.15, -0.1) is 11.3 Å². The van der Waals surface area contributed by atoms with Crippen LogP contribution in [-0.4, -0.2) is 40.5 Å². The van der Waals surface area contributed by atoms with E-state index in [0.29, 0.717) is 23.0 Å². The predicted molar refractivity (Wildman–Crippen MR) is 95.6 cm³/mol. The van der Waals surface area contributed by atoms with Crippen LogP contribution in [-0.2, 0) is 9.47 Å². The highest BCUT2D eigenvalue weighted by molar-refractivity contribution is 7.20. The number of rotatable bonds is 10. The average Bonchev–Trinajstić information content (AvgIpc) is 3.02. The number of carbonyl (C=O) groups excluding carboxylic acids is 1. The molecule has 24 heavy (non-hydrogen) atoms. The smallest absolute Gasteiger partial charge is 0.348 e. The minimum absolute atomic E-state index is 0.272. The van der Waals surface area contributed by atoms with Gasteiger partial charge in [-0.05, 0) is 36.8 Å². The third-order valence-electron chi connectivity index (χ3n) is 3.70. The van der Waals surface area contributed by atoms with Gasteiger partial charge in [-0.1, -0.05) is 6.42 Å². The highest BCUT2D eigenvalue weighted by Crippen LogP contribution is 2.36. The van der Waals surface area contributed by atoms with E-state index >= 15 is 0 Å². The fourth-order valence-electron chi connectivity index (χ4n) is 2.41. The van der Waals surface area contributed by atoms with Crippen molar-refractivity contribution in [1.82, 2.24) is 0 Å². The fraction of sp³-hybridized carbons (Fsp3) is 0.500. The summed E-state index contributed by atoms with van der Waals surface area (Å²) >= 11 is 1.40. The van der Waals surface area contributed by atoms with Crippen LogP contribution in [0.15, 0.2) is 18.2 Å². The second-order valence-electron chi connectivity index (χ2n) is 5.40. The number of fused-ring (bicyclic) bond motifs is 1. The molecule has 6 heteroatoms. The van der Waals surface area contributed by atoms with Gasteiger partial charge in [0.1, 0.15) is 4.88 Å². The van der Waals surface area contributed by atoms with E-state index in [1.807, 2.05) is 18.2 Å². The van der Waals surface area contributed by atoms with E-state index in [9.17, 15) is 4.79 Å². The number of carbonyl (C=O) groups is 1. The molecule has 0 atom stereocenters. The third-order valence-corrected chi connectivity index (χ3v) is 4.78. The van der Waals surface area contributed by atoms with Gasteiger partial charge in [-0.25, -0.2) is 4.79 Å². The largest absolute Gasteiger partial charge is 0.493 e. The molecule has 0 amide bonds. The molecule has 2 aromatic rings. The van der Waals surface area contributed by atoms with E-state index in [2.05, 4.69) is 0 Å². The van der Waals surface area contributed by atoms with Gasteiger partial charge in [0.05, 0.1) is 20.8 Å². The lowest BCUT2D eigenvalue weighted by Gasteiger charge is -2.06. The summed E-state index contributed by atoms with van der Waals surface area (Å²) in [7, 11) is 4.90. The van der Waals surface area contributed by atoms with Crippen LogP contribution in [0.2, 0.25) is 0 Å². The van der Waals surface area contributed by atoms with Crippen LogP contribution in [0, 0.1) is 0 Å². The lowest BCUT2D eigenvalue weighted by atomic mass is 10.2. The number of esters is 1. The summed E-state index contributed by atoms with van der Waals surface area (Å²) in [5.41, 5.74) is 0. The Morgan fingerprint density at radius 3 is 2.25 bits per heavy atom. The summed E-state index contributed by atoms with van der Waals surface area (Å²) in [5, 5.41) is 0.948. The summed E-state index contributed by atoms with van der Waals surface area (Å²) in [6.45, 7) is 1.24. The molecule has 1 aromatic carbocycles. The molecule has 132 valence electrons. The van der Waals surface area contributed by atoms with Crippen molar-refractivity contribution in [3.05, 3.63) is 23.1 Å². The maximum Gasteiger partial charge on any atom is 0.348 e. The first-order valence-corrected chi connectivity index (χ1v) is 8.83. The number of methoxy groups -OCH3 is 3. The average molecular weight is 352 g/mol. The van der Waals surface area contributed by atoms with Crippen molar-refractivity contribution in [2.24, 2.45) is 0 Å². The van der Waals surface area contributed by atoms with Crippen molar-refractivity contribution in [2.45, 2.75) is 25.7 Å². The Kier molecular flexibility index (Phi) is 7.34. The Hall–Kier alpha value is -1.79. The zero-order valence-electron chi connectivity index (χ0n) is 14.4. The van der Waals surface area contributed by atoms with Crippen molar-refractivity contribution < 1.29 is 23.7 Å². The maximum atomic E-state index is 12.2. The molecule has 0 saturated carbocycles. The molecular formula is C18H24O5S. The molecule has 1 heterocycles. The lowest BCUT2D eigenvalue weighted by molar-refractivity contribution is 0.0503. The quantitative estimate of drug-likeness (QED) is 0.472. The summed E-state index contributed by atoms with van der Waals surface area (Å²) in [6, 6.07) is 5.59. The summed E-state index contributed by atoms with van der Waals surface area (Å²) in [6.07, 6.45) is 4.05. The maximum absolute atomic E-state index is 12.2. The topological polar surface area (TPSA) is 54.0 Å². The summed E-state index contributed by atoms with van der Waals surface area (Å²) < 4.78 is 21.9. The second-order valence-corrected chi connectivity index (χ2v) is 6.48. The Labute approximate surface area is 146 Å². The van der Waals surface area contributed by atoms with E-state index in [1.54, 1.807) is 21.3 Å². The highest BCUT2D eigenvalue weighted by atomic mass is 32.1. The summed E-state index contributed by atoms with van der Waals surface area (Å²) in [4.78, 5) is 12.8. The predicted octanol–water partition coefficient (Wildman–Crippen LogP) is 4.28. The number of unbranched alkanes of at least 4 members (excludes halogenated alkanes) is 3. The van der Waals surface area contributed by atoms with Crippen LogP contribution in [0.1, 0.15) is 35.4 Å². The van der Waals surface area contributed by atoms with Crippen molar-refractivity contribution in [1.29, 1.82) is 0 Å². The first-order chi connectivity index (χ1) is 11.7. The molecule has 0 fully saturated rings. The van der Waals surface area contributed by atoms with Crippen LogP contribution in [0.3, 0.4) is 0 Å². The van der Waals surface area contributed by atoms with E-state index in [4.69, 9.17) is 18.9 Å². The normalized spacial score (nSPS) is 10.8. The number of benzene rings is 1. The Morgan fingerprint density at radius 2 is 1.58 bits per heavy atom. The molecule has 2 rings (SSSR count). The van der Waals surface area contributed by atoms with Gasteiger partial charge >= 0.3 is 5.97 Å². The number of hydrogen-bond acceptors (Lipinski definition) is 6. The van der Waals surface area contributed by atoms with E-state index < -0.39 is 0 Å². The standard InChI is InChI=1S/C18H24O5S/c1-20-8-6-4-5-7-9-23-18(19)17-11-13-10-14(21-2)15(22-3)12-16(13)24-17/h10-12H,4-9H2,1-3H3. The van der Waals surface area contributed by atoms with Gasteiger partial charge in [0, 0.05) is 24.5 Å². The SMILES string of the molecule is COCCCCCCOC(=O)c1cc2cc(OC)c(OC)cc2s1. The molecule has 5 nitrogen and oxygen atoms in total. The molecule has 0 aliphatic rings. The molecule has 0 spiro atoms. The Bertz CT molecular complexity index is 624. The highest BCUT2D eigenvalue weighted by Gasteiger charge is 2.14. The molecule has 0 bridgehead atoms. The van der Waals surface area contributed by atoms with Crippen LogP contribution < -0.4 is 9.47 Å². The Balaban J connectivity index is 1.90. The molecule has 0 N–H and O–H groups in total. The molecule has 0 aliphatic heterocycles. The van der Waals surface area contributed by atoms with E-state index in [1.165, 1.54) is 11.3 Å². The van der Waals surface area contributed by atoms with Crippen LogP contribution in [0.5, 0.6) is 11.5 Å². The molecule has 0 saturated heterocycles. The van der Waals surface area contributed by atoms with E-state index in [0.717, 1.165) is 42.4 Å². The van der Waals surface area contributed by atoms with E-state index in [-0.39, 0.29) is 5.97 Å². The molecule has 0 aliphatic carbocycles. The third kappa shape index (κ3) is 4.85. The van der Waals surface area contributed by atoms with Gasteiger partial charge in [-0.2, -0.15) is 0 Å². The molecule has 1 aromatic heterocycles. The minimum atomic E-state index is -0.272. The number of thiophene rings is 1. The van der Waals surface area contributed by atoms with Crippen LogP contribution in [0.4, 0.5) is 0 Å². The van der Waals surface area contributed by atoms with Gasteiger partial charge < -0.3 is 18.9 Å². The first kappa shape index (κ1) is 18.5. The van der Waals surface area contributed by atoms with Gasteiger partial charge in [0.2, 0.25) is 0 Å². The van der Waals surface area contributed by atoms with Crippen molar-refractivity contribution in [2.75, 3.05) is 34.5 Å². The summed E-state index contributed by atoms with van der Waals surface area (Å²) in [5.74, 6) is 1.03. The molecule has 0 unspecified atom stereocenters.